The van der Waals surface area contributed by atoms with Gasteiger partial charge in [-0.1, -0.05) is 42.5 Å². The molecule has 1 aliphatic rings. The van der Waals surface area contributed by atoms with Crippen LogP contribution in [0.15, 0.2) is 53.5 Å². The molecule has 1 atom stereocenters. The van der Waals surface area contributed by atoms with Crippen molar-refractivity contribution in [1.82, 2.24) is 10.6 Å². The van der Waals surface area contributed by atoms with Crippen molar-refractivity contribution in [2.45, 2.75) is 52.0 Å². The van der Waals surface area contributed by atoms with Crippen molar-refractivity contribution in [1.29, 1.82) is 0 Å². The fourth-order valence-electron chi connectivity index (χ4n) is 3.45. The van der Waals surface area contributed by atoms with Crippen LogP contribution >= 0.6 is 24.0 Å². The molecule has 3 N–H and O–H groups in total. The van der Waals surface area contributed by atoms with E-state index in [9.17, 15) is 5.11 Å². The third-order valence-electron chi connectivity index (χ3n) is 4.73. The van der Waals surface area contributed by atoms with Crippen molar-refractivity contribution in [2.24, 2.45) is 4.99 Å². The Bertz CT molecular complexity index is 808. The van der Waals surface area contributed by atoms with Gasteiger partial charge in [-0.05, 0) is 38.0 Å². The van der Waals surface area contributed by atoms with E-state index >= 15 is 0 Å². The van der Waals surface area contributed by atoms with Crippen LogP contribution in [0.4, 0.5) is 0 Å². The molecule has 1 aliphatic heterocycles. The second-order valence-corrected chi connectivity index (χ2v) is 7.42. The third-order valence-corrected chi connectivity index (χ3v) is 4.73. The first-order valence-corrected chi connectivity index (χ1v) is 9.53. The lowest BCUT2D eigenvalue weighted by molar-refractivity contribution is 0.0694. The Morgan fingerprint density at radius 2 is 1.82 bits per heavy atom. The summed E-state index contributed by atoms with van der Waals surface area (Å²) in [4.78, 5) is 4.75. The Kier molecular flexibility index (Phi) is 8.12. The molecule has 1 heterocycles. The number of rotatable bonds is 5. The largest absolute Gasteiger partial charge is 0.487 e. The summed E-state index contributed by atoms with van der Waals surface area (Å²) in [6.07, 6.45) is 0.849. The zero-order valence-corrected chi connectivity index (χ0v) is 19.1. The number of nitrogens with one attached hydrogen (secondary N) is 2. The lowest BCUT2D eigenvalue weighted by Crippen LogP contribution is -2.45. The van der Waals surface area contributed by atoms with Crippen molar-refractivity contribution in [3.05, 3.63) is 65.2 Å². The first-order chi connectivity index (χ1) is 13.0. The summed E-state index contributed by atoms with van der Waals surface area (Å²) in [6.45, 7) is 7.60. The standard InChI is InChI=1S/C22H29N3O2.HI/c1-4-23-21(24-14-16-9-5-6-10-17(16)15-26)25-19-13-22(2,3)27-20-12-8-7-11-18(19)20;/h5-12,19,26H,4,13-15H2,1-3H3,(H2,23,24,25);1H. The monoisotopic (exact) mass is 495 g/mol. The number of hydrogen-bond acceptors (Lipinski definition) is 3. The van der Waals surface area contributed by atoms with Gasteiger partial charge in [-0.3, -0.25) is 0 Å². The number of aliphatic imine (C=N–C) groups is 1. The smallest absolute Gasteiger partial charge is 0.192 e. The maximum atomic E-state index is 9.52. The van der Waals surface area contributed by atoms with Crippen molar-refractivity contribution >= 4 is 29.9 Å². The molecule has 5 nitrogen and oxygen atoms in total. The van der Waals surface area contributed by atoms with Gasteiger partial charge in [0.15, 0.2) is 5.96 Å². The number of hydrogen-bond donors (Lipinski definition) is 3. The number of aliphatic hydroxyl groups is 1. The molecule has 0 saturated carbocycles. The highest BCUT2D eigenvalue weighted by atomic mass is 127. The maximum Gasteiger partial charge on any atom is 0.192 e. The summed E-state index contributed by atoms with van der Waals surface area (Å²) in [5.74, 6) is 1.69. The Morgan fingerprint density at radius 1 is 1.14 bits per heavy atom. The van der Waals surface area contributed by atoms with Crippen LogP contribution in [0.2, 0.25) is 0 Å². The van der Waals surface area contributed by atoms with Gasteiger partial charge in [0.25, 0.3) is 0 Å². The van der Waals surface area contributed by atoms with Crippen LogP contribution in [0.3, 0.4) is 0 Å². The van der Waals surface area contributed by atoms with Crippen LogP contribution in [0.25, 0.3) is 0 Å². The van der Waals surface area contributed by atoms with Crippen molar-refractivity contribution < 1.29 is 9.84 Å². The summed E-state index contributed by atoms with van der Waals surface area (Å²) in [5.41, 5.74) is 2.85. The first-order valence-electron chi connectivity index (χ1n) is 9.53. The summed E-state index contributed by atoms with van der Waals surface area (Å²) >= 11 is 0. The number of guanidine groups is 1. The highest BCUT2D eigenvalue weighted by Crippen LogP contribution is 2.39. The van der Waals surface area contributed by atoms with Gasteiger partial charge >= 0.3 is 0 Å². The predicted octanol–water partition coefficient (Wildman–Crippen LogP) is 4.15. The van der Waals surface area contributed by atoms with Crippen LogP contribution in [0.1, 0.15) is 49.9 Å². The van der Waals surface area contributed by atoms with Gasteiger partial charge in [0, 0.05) is 18.5 Å². The Morgan fingerprint density at radius 3 is 2.54 bits per heavy atom. The quantitative estimate of drug-likeness (QED) is 0.331. The zero-order chi connectivity index (χ0) is 19.3. The molecule has 6 heteroatoms. The minimum atomic E-state index is -0.243. The third kappa shape index (κ3) is 5.61. The highest BCUT2D eigenvalue weighted by Gasteiger charge is 2.33. The number of benzene rings is 2. The first kappa shape index (κ1) is 22.5. The topological polar surface area (TPSA) is 65.9 Å². The van der Waals surface area contributed by atoms with E-state index in [1.165, 1.54) is 0 Å². The predicted molar refractivity (Wildman–Crippen MR) is 124 cm³/mol. The minimum absolute atomic E-state index is 0. The van der Waals surface area contributed by atoms with E-state index in [0.29, 0.717) is 6.54 Å². The number of ether oxygens (including phenoxy) is 1. The zero-order valence-electron chi connectivity index (χ0n) is 16.7. The van der Waals surface area contributed by atoms with Crippen LogP contribution in [-0.4, -0.2) is 23.2 Å². The number of aliphatic hydroxyl groups excluding tert-OH is 1. The van der Waals surface area contributed by atoms with Crippen LogP contribution in [0.5, 0.6) is 5.75 Å². The van der Waals surface area contributed by atoms with Gasteiger partial charge in [-0.2, -0.15) is 0 Å². The molecule has 0 aromatic heterocycles. The van der Waals surface area contributed by atoms with Gasteiger partial charge in [-0.15, -0.1) is 24.0 Å². The molecule has 1 unspecified atom stereocenters. The van der Waals surface area contributed by atoms with E-state index in [-0.39, 0.29) is 42.2 Å². The second kappa shape index (κ2) is 10.1. The fourth-order valence-corrected chi connectivity index (χ4v) is 3.45. The Hall–Kier alpha value is -1.80. The normalized spacial score (nSPS) is 17.7. The van der Waals surface area contributed by atoms with Crippen molar-refractivity contribution in [3.8, 4) is 5.75 Å². The molecular weight excluding hydrogens is 465 g/mol. The Balaban J connectivity index is 0.00000280. The number of para-hydroxylation sites is 1. The SMILES string of the molecule is CCNC(=NCc1ccccc1CO)NC1CC(C)(C)Oc2ccccc21.I. The average Bonchev–Trinajstić information content (AvgIpc) is 2.65. The van der Waals surface area contributed by atoms with Gasteiger partial charge in [0.05, 0.1) is 19.2 Å². The molecule has 0 saturated heterocycles. The molecule has 0 fully saturated rings. The van der Waals surface area contributed by atoms with E-state index in [0.717, 1.165) is 41.4 Å². The minimum Gasteiger partial charge on any atom is -0.487 e. The van der Waals surface area contributed by atoms with E-state index < -0.39 is 0 Å². The number of fused-ring (bicyclic) bond motifs is 1. The molecule has 0 amide bonds. The molecule has 3 rings (SSSR count). The summed E-state index contributed by atoms with van der Waals surface area (Å²) < 4.78 is 6.12. The maximum absolute atomic E-state index is 9.52. The van der Waals surface area contributed by atoms with Crippen LogP contribution in [-0.2, 0) is 13.2 Å². The molecular formula is C22H30IN3O2. The van der Waals surface area contributed by atoms with Crippen LogP contribution in [0, 0.1) is 0 Å². The van der Waals surface area contributed by atoms with Gasteiger partial charge in [0.2, 0.25) is 0 Å². The fraction of sp³-hybridized carbons (Fsp3) is 0.409. The van der Waals surface area contributed by atoms with E-state index in [1.807, 2.05) is 42.5 Å². The lowest BCUT2D eigenvalue weighted by Gasteiger charge is -2.38. The molecule has 0 bridgehead atoms. The number of nitrogens with zero attached hydrogens (tertiary/aromatic N) is 1. The average molecular weight is 495 g/mol. The molecule has 152 valence electrons. The summed E-state index contributed by atoms with van der Waals surface area (Å²) in [7, 11) is 0. The summed E-state index contributed by atoms with van der Waals surface area (Å²) in [6, 6.07) is 16.1. The van der Waals surface area contributed by atoms with Crippen molar-refractivity contribution in [3.63, 3.8) is 0 Å². The molecule has 0 aliphatic carbocycles. The Labute approximate surface area is 184 Å². The highest BCUT2D eigenvalue weighted by molar-refractivity contribution is 14.0. The van der Waals surface area contributed by atoms with E-state index in [1.54, 1.807) is 0 Å². The molecule has 0 radical (unpaired) electrons. The van der Waals surface area contributed by atoms with Crippen LogP contribution < -0.4 is 15.4 Å². The van der Waals surface area contributed by atoms with Gasteiger partial charge in [0.1, 0.15) is 11.4 Å². The van der Waals surface area contributed by atoms with Gasteiger partial charge < -0.3 is 20.5 Å². The van der Waals surface area contributed by atoms with Crippen molar-refractivity contribution in [2.75, 3.05) is 6.54 Å². The summed E-state index contributed by atoms with van der Waals surface area (Å²) in [5, 5.41) is 16.4. The number of halogens is 1. The molecule has 2 aromatic rings. The molecule has 28 heavy (non-hydrogen) atoms. The molecule has 0 spiro atoms. The lowest BCUT2D eigenvalue weighted by atomic mass is 9.90. The van der Waals surface area contributed by atoms with E-state index in [4.69, 9.17) is 9.73 Å². The molecule has 2 aromatic carbocycles. The van der Waals surface area contributed by atoms with Gasteiger partial charge in [-0.25, -0.2) is 4.99 Å². The second-order valence-electron chi connectivity index (χ2n) is 7.42. The van der Waals surface area contributed by atoms with E-state index in [2.05, 4.69) is 37.5 Å².